The second-order valence-corrected chi connectivity index (χ2v) is 9.71. The van der Waals surface area contributed by atoms with Crippen LogP contribution in [-0.2, 0) is 14.8 Å². The van der Waals surface area contributed by atoms with Gasteiger partial charge >= 0.3 is 0 Å². The minimum Gasteiger partial charge on any atom is -0.486 e. The van der Waals surface area contributed by atoms with Crippen molar-refractivity contribution in [2.75, 3.05) is 70.1 Å². The van der Waals surface area contributed by atoms with Crippen LogP contribution in [0.25, 0.3) is 0 Å². The average Bonchev–Trinajstić information content (AvgIpc) is 2.71. The fraction of sp³-hybridized carbons (Fsp3) is 0.650. The maximum Gasteiger partial charge on any atom is 0.243 e. The molecule has 1 aromatic carbocycles. The van der Waals surface area contributed by atoms with Gasteiger partial charge in [-0.15, -0.1) is 0 Å². The number of fused-ring (bicyclic) bond motifs is 1. The highest BCUT2D eigenvalue weighted by atomic mass is 32.2. The third kappa shape index (κ3) is 5.77. The number of rotatable bonds is 8. The van der Waals surface area contributed by atoms with Gasteiger partial charge in [-0.2, -0.15) is 0 Å². The number of benzene rings is 1. The third-order valence-electron chi connectivity index (χ3n) is 5.41. The number of likely N-dealkylation sites (N-methyl/N-ethyl adjacent to an activating group) is 1. The van der Waals surface area contributed by atoms with Gasteiger partial charge < -0.3 is 24.6 Å². The molecule has 1 fully saturated rings. The molecule has 168 valence electrons. The monoisotopic (exact) mass is 440 g/mol. The second kappa shape index (κ2) is 9.84. The lowest BCUT2D eigenvalue weighted by molar-refractivity contribution is -0.121. The Hall–Kier alpha value is -2.04. The Bertz CT molecular complexity index is 840. The SMILES string of the molecule is C[C@H](C(=O)NCCCN1CCN(C)CC1)N(c1ccc2c(c1)OCCO2)S(C)(=O)=O. The number of nitrogens with zero attached hydrogens (tertiary/aromatic N) is 3. The molecule has 2 aliphatic heterocycles. The Balaban J connectivity index is 1.58. The fourth-order valence-electron chi connectivity index (χ4n) is 3.71. The van der Waals surface area contributed by atoms with Gasteiger partial charge in [0.05, 0.1) is 11.9 Å². The number of anilines is 1. The molecule has 0 bridgehead atoms. The highest BCUT2D eigenvalue weighted by molar-refractivity contribution is 7.92. The van der Waals surface area contributed by atoms with E-state index >= 15 is 0 Å². The van der Waals surface area contributed by atoms with Crippen molar-refractivity contribution in [1.82, 2.24) is 15.1 Å². The van der Waals surface area contributed by atoms with Crippen LogP contribution in [0.1, 0.15) is 13.3 Å². The van der Waals surface area contributed by atoms with E-state index < -0.39 is 16.1 Å². The van der Waals surface area contributed by atoms with E-state index in [1.165, 1.54) is 0 Å². The van der Waals surface area contributed by atoms with E-state index in [9.17, 15) is 13.2 Å². The molecule has 30 heavy (non-hydrogen) atoms. The zero-order chi connectivity index (χ0) is 21.7. The molecule has 1 N–H and O–H groups in total. The number of nitrogens with one attached hydrogen (secondary N) is 1. The molecular weight excluding hydrogens is 408 g/mol. The molecule has 0 radical (unpaired) electrons. The van der Waals surface area contributed by atoms with E-state index in [-0.39, 0.29) is 5.91 Å². The van der Waals surface area contributed by atoms with Gasteiger partial charge in [-0.05, 0) is 39.1 Å². The summed E-state index contributed by atoms with van der Waals surface area (Å²) in [5.74, 6) is 0.723. The van der Waals surface area contributed by atoms with Crippen molar-refractivity contribution < 1.29 is 22.7 Å². The van der Waals surface area contributed by atoms with Crippen molar-refractivity contribution in [3.05, 3.63) is 18.2 Å². The lowest BCUT2D eigenvalue weighted by Crippen LogP contribution is -2.48. The summed E-state index contributed by atoms with van der Waals surface area (Å²) in [6.07, 6.45) is 1.92. The van der Waals surface area contributed by atoms with Gasteiger partial charge in [-0.1, -0.05) is 0 Å². The maximum absolute atomic E-state index is 12.7. The number of amides is 1. The second-order valence-electron chi connectivity index (χ2n) is 7.85. The zero-order valence-corrected chi connectivity index (χ0v) is 18.8. The molecule has 1 aromatic rings. The highest BCUT2D eigenvalue weighted by Gasteiger charge is 2.30. The van der Waals surface area contributed by atoms with E-state index in [2.05, 4.69) is 22.2 Å². The molecule has 10 heteroatoms. The van der Waals surface area contributed by atoms with Crippen LogP contribution in [0.2, 0.25) is 0 Å². The lowest BCUT2D eigenvalue weighted by atomic mass is 10.2. The van der Waals surface area contributed by atoms with E-state index in [0.717, 1.165) is 49.7 Å². The van der Waals surface area contributed by atoms with Crippen LogP contribution in [0.5, 0.6) is 11.5 Å². The maximum atomic E-state index is 12.7. The van der Waals surface area contributed by atoms with Gasteiger partial charge in [-0.25, -0.2) is 8.42 Å². The summed E-state index contributed by atoms with van der Waals surface area (Å²) >= 11 is 0. The number of carbonyl (C=O) groups excluding carboxylic acids is 1. The minimum absolute atomic E-state index is 0.325. The van der Waals surface area contributed by atoms with Crippen LogP contribution >= 0.6 is 0 Å². The smallest absolute Gasteiger partial charge is 0.243 e. The van der Waals surface area contributed by atoms with Gasteiger partial charge in [0, 0.05) is 38.8 Å². The number of carbonyl (C=O) groups is 1. The van der Waals surface area contributed by atoms with Crippen molar-refractivity contribution in [2.45, 2.75) is 19.4 Å². The Morgan fingerprint density at radius 3 is 2.50 bits per heavy atom. The standard InChI is InChI=1S/C20H32N4O5S/c1-16(20(25)21-7-4-8-23-11-9-22(2)10-12-23)24(30(3,26)27)17-5-6-18-19(15-17)29-14-13-28-18/h5-6,15-16H,4,7-14H2,1-3H3,(H,21,25)/t16-/m1/s1. The van der Waals surface area contributed by atoms with Gasteiger partial charge in [0.2, 0.25) is 15.9 Å². The number of piperazine rings is 1. The van der Waals surface area contributed by atoms with Crippen LogP contribution < -0.4 is 19.1 Å². The van der Waals surface area contributed by atoms with Gasteiger partial charge in [-0.3, -0.25) is 9.10 Å². The molecule has 0 aromatic heterocycles. The largest absolute Gasteiger partial charge is 0.486 e. The van der Waals surface area contributed by atoms with Crippen molar-refractivity contribution in [1.29, 1.82) is 0 Å². The zero-order valence-electron chi connectivity index (χ0n) is 18.0. The first kappa shape index (κ1) is 22.6. The number of ether oxygens (including phenoxy) is 2. The summed E-state index contributed by atoms with van der Waals surface area (Å²) in [6.45, 7) is 8.06. The summed E-state index contributed by atoms with van der Waals surface area (Å²) in [5, 5.41) is 2.88. The van der Waals surface area contributed by atoms with Gasteiger partial charge in [0.25, 0.3) is 0 Å². The first-order chi connectivity index (χ1) is 14.3. The van der Waals surface area contributed by atoms with Crippen LogP contribution in [0.3, 0.4) is 0 Å². The van der Waals surface area contributed by atoms with Crippen LogP contribution in [0.4, 0.5) is 5.69 Å². The summed E-state index contributed by atoms with van der Waals surface area (Å²) in [4.78, 5) is 17.4. The van der Waals surface area contributed by atoms with E-state index in [1.807, 2.05) is 0 Å². The third-order valence-corrected chi connectivity index (χ3v) is 6.66. The Labute approximate surface area is 179 Å². The van der Waals surface area contributed by atoms with Gasteiger partial charge in [0.15, 0.2) is 11.5 Å². The quantitative estimate of drug-likeness (QED) is 0.584. The van der Waals surface area contributed by atoms with Crippen molar-refractivity contribution >= 4 is 21.6 Å². The van der Waals surface area contributed by atoms with E-state index in [1.54, 1.807) is 25.1 Å². The molecule has 3 rings (SSSR count). The van der Waals surface area contributed by atoms with E-state index in [0.29, 0.717) is 36.9 Å². The van der Waals surface area contributed by atoms with E-state index in [4.69, 9.17) is 9.47 Å². The highest BCUT2D eigenvalue weighted by Crippen LogP contribution is 2.35. The number of hydrogen-bond donors (Lipinski definition) is 1. The normalized spacial score (nSPS) is 18.6. The molecule has 2 heterocycles. The molecule has 9 nitrogen and oxygen atoms in total. The molecule has 0 unspecified atom stereocenters. The minimum atomic E-state index is -3.68. The first-order valence-corrected chi connectivity index (χ1v) is 12.2. The fourth-order valence-corrected chi connectivity index (χ4v) is 4.88. The molecule has 1 atom stereocenters. The predicted octanol–water partition coefficient (Wildman–Crippen LogP) is 0.366. The van der Waals surface area contributed by atoms with Crippen LogP contribution in [0.15, 0.2) is 18.2 Å². The van der Waals surface area contributed by atoms with Gasteiger partial charge in [0.1, 0.15) is 19.3 Å². The van der Waals surface area contributed by atoms with Crippen molar-refractivity contribution in [2.24, 2.45) is 0 Å². The lowest BCUT2D eigenvalue weighted by Gasteiger charge is -2.32. The number of hydrogen-bond acceptors (Lipinski definition) is 7. The Morgan fingerprint density at radius 2 is 1.83 bits per heavy atom. The number of sulfonamides is 1. The summed E-state index contributed by atoms with van der Waals surface area (Å²) in [7, 11) is -1.56. The average molecular weight is 441 g/mol. The first-order valence-electron chi connectivity index (χ1n) is 10.3. The molecule has 0 saturated carbocycles. The molecular formula is C20H32N4O5S. The summed E-state index contributed by atoms with van der Waals surface area (Å²) in [6, 6.07) is 4.02. The molecule has 1 saturated heterocycles. The van der Waals surface area contributed by atoms with Crippen molar-refractivity contribution in [3.8, 4) is 11.5 Å². The molecule has 1 amide bonds. The van der Waals surface area contributed by atoms with Crippen LogP contribution in [0, 0.1) is 0 Å². The topological polar surface area (TPSA) is 91.4 Å². The predicted molar refractivity (Wildman–Crippen MR) is 116 cm³/mol. The Morgan fingerprint density at radius 1 is 1.17 bits per heavy atom. The Kier molecular flexibility index (Phi) is 7.43. The summed E-state index contributed by atoms with van der Waals surface area (Å²) in [5.41, 5.74) is 0.377. The van der Waals surface area contributed by atoms with Crippen molar-refractivity contribution in [3.63, 3.8) is 0 Å². The molecule has 0 spiro atoms. The molecule has 2 aliphatic rings. The van der Waals surface area contributed by atoms with Crippen LogP contribution in [-0.4, -0.2) is 96.0 Å². The molecule has 0 aliphatic carbocycles. The summed E-state index contributed by atoms with van der Waals surface area (Å²) < 4.78 is 37.1.